The molecule has 0 aliphatic carbocycles. The van der Waals surface area contributed by atoms with E-state index in [1.165, 1.54) is 19.4 Å². The van der Waals surface area contributed by atoms with Gasteiger partial charge in [0.15, 0.2) is 0 Å². The van der Waals surface area contributed by atoms with Crippen molar-refractivity contribution in [1.29, 1.82) is 0 Å². The van der Waals surface area contributed by atoms with Gasteiger partial charge in [-0.05, 0) is 18.4 Å². The highest BCUT2D eigenvalue weighted by Gasteiger charge is 2.52. The van der Waals surface area contributed by atoms with Gasteiger partial charge in [-0.1, -0.05) is 0 Å². The smallest absolute Gasteiger partial charge is 0.335 e. The topological polar surface area (TPSA) is 160 Å². The zero-order valence-electron chi connectivity index (χ0n) is 12.5. The first kappa shape index (κ1) is 17.9. The predicted molar refractivity (Wildman–Crippen MR) is 84.2 cm³/mol. The summed E-state index contributed by atoms with van der Waals surface area (Å²) in [4.78, 5) is 34.6. The third kappa shape index (κ3) is 3.41. The second-order valence-electron chi connectivity index (χ2n) is 4.56. The van der Waals surface area contributed by atoms with Crippen molar-refractivity contribution in [2.24, 2.45) is 0 Å². The molecule has 0 saturated heterocycles. The molecule has 2 amide bonds. The first-order valence-electron chi connectivity index (χ1n) is 6.33. The number of nitrogens with one attached hydrogen (secondary N) is 2. The number of carbonyl (C=O) groups excluding carboxylic acids is 1. The number of methoxy groups -OCH3 is 1. The van der Waals surface area contributed by atoms with Crippen LogP contribution in [0.3, 0.4) is 0 Å². The number of hydrogen-bond donors (Lipinski definition) is 3. The number of amides is 2. The van der Waals surface area contributed by atoms with Crippen LogP contribution in [0.4, 0.5) is 10.7 Å². The van der Waals surface area contributed by atoms with E-state index in [2.05, 4.69) is 20.3 Å². The third-order valence-electron chi connectivity index (χ3n) is 2.93. The highest BCUT2D eigenvalue weighted by atomic mass is 32.2. The van der Waals surface area contributed by atoms with E-state index in [1.807, 2.05) is 0 Å². The Morgan fingerprint density at radius 1 is 1.38 bits per heavy atom. The predicted octanol–water partition coefficient (Wildman–Crippen LogP) is -0.276. The standard InChI is InChI=1S/C11H13N5O6S2/c1-6-12-8(15-10(13-6)22-2)14-9(19)16-24(20,21)11(7(17)18)3-4-23-5-11/h3-4H,5H2,1-2H3,(H,17,18)(H2,12,13,14,15,16,19). The number of nitrogens with zero attached hydrogens (tertiary/aromatic N) is 3. The van der Waals surface area contributed by atoms with Crippen molar-refractivity contribution in [3.8, 4) is 6.01 Å². The molecule has 1 aliphatic rings. The van der Waals surface area contributed by atoms with Gasteiger partial charge in [-0.2, -0.15) is 15.0 Å². The van der Waals surface area contributed by atoms with Crippen molar-refractivity contribution in [3.63, 3.8) is 0 Å². The molecule has 0 aromatic carbocycles. The summed E-state index contributed by atoms with van der Waals surface area (Å²) < 4.78 is 28.8. The van der Waals surface area contributed by atoms with Gasteiger partial charge in [0.2, 0.25) is 10.7 Å². The van der Waals surface area contributed by atoms with Gasteiger partial charge >= 0.3 is 18.0 Å². The Balaban J connectivity index is 2.18. The molecule has 1 aromatic rings. The van der Waals surface area contributed by atoms with Crippen molar-refractivity contribution in [1.82, 2.24) is 19.7 Å². The van der Waals surface area contributed by atoms with E-state index >= 15 is 0 Å². The molecule has 1 unspecified atom stereocenters. The number of urea groups is 1. The van der Waals surface area contributed by atoms with Gasteiger partial charge in [-0.15, -0.1) is 11.8 Å². The van der Waals surface area contributed by atoms with Crippen LogP contribution < -0.4 is 14.8 Å². The quantitative estimate of drug-likeness (QED) is 0.624. The van der Waals surface area contributed by atoms with E-state index in [9.17, 15) is 23.1 Å². The number of aromatic nitrogens is 3. The maximum absolute atomic E-state index is 12.3. The third-order valence-corrected chi connectivity index (χ3v) is 5.94. The van der Waals surface area contributed by atoms with Crippen LogP contribution >= 0.6 is 11.8 Å². The van der Waals surface area contributed by atoms with Crippen molar-refractivity contribution >= 4 is 39.7 Å². The lowest BCUT2D eigenvalue weighted by atomic mass is 10.2. The van der Waals surface area contributed by atoms with E-state index in [1.54, 1.807) is 4.72 Å². The van der Waals surface area contributed by atoms with Crippen LogP contribution in [0.1, 0.15) is 5.82 Å². The molecule has 1 aromatic heterocycles. The first-order valence-corrected chi connectivity index (χ1v) is 8.86. The van der Waals surface area contributed by atoms with Crippen molar-refractivity contribution in [3.05, 3.63) is 17.3 Å². The molecule has 13 heteroatoms. The minimum Gasteiger partial charge on any atom is -0.480 e. The fraction of sp³-hybridized carbons (Fsp3) is 0.364. The highest BCUT2D eigenvalue weighted by Crippen LogP contribution is 2.32. The Morgan fingerprint density at radius 3 is 2.62 bits per heavy atom. The van der Waals surface area contributed by atoms with Crippen LogP contribution in [-0.2, 0) is 14.8 Å². The SMILES string of the molecule is COc1nc(C)nc(NC(=O)NS(=O)(=O)C2(C(=O)O)C=CSC2)n1. The summed E-state index contributed by atoms with van der Waals surface area (Å²) in [7, 11) is -3.23. The number of rotatable bonds is 5. The number of carboxylic acid groups (broad SMARTS) is 1. The number of aryl methyl sites for hydroxylation is 1. The highest BCUT2D eigenvalue weighted by molar-refractivity contribution is 8.04. The summed E-state index contributed by atoms with van der Waals surface area (Å²) in [5, 5.41) is 12.7. The van der Waals surface area contributed by atoms with Gasteiger partial charge in [-0.3, -0.25) is 10.1 Å². The molecule has 2 rings (SSSR count). The molecule has 0 spiro atoms. The molecular formula is C11H13N5O6S2. The minimum atomic E-state index is -4.54. The van der Waals surface area contributed by atoms with Gasteiger partial charge in [0, 0.05) is 5.75 Å². The van der Waals surface area contributed by atoms with Crippen LogP contribution in [0.25, 0.3) is 0 Å². The minimum absolute atomic E-state index is 0.0715. The number of carboxylic acids is 1. The molecule has 1 aliphatic heterocycles. The number of aliphatic carboxylic acids is 1. The fourth-order valence-electron chi connectivity index (χ4n) is 1.74. The van der Waals surface area contributed by atoms with E-state index in [0.29, 0.717) is 0 Å². The summed E-state index contributed by atoms with van der Waals surface area (Å²) in [6.45, 7) is 1.52. The van der Waals surface area contributed by atoms with Crippen LogP contribution in [-0.4, -0.2) is 58.1 Å². The van der Waals surface area contributed by atoms with Gasteiger partial charge in [0.25, 0.3) is 10.0 Å². The lowest BCUT2D eigenvalue weighted by Gasteiger charge is -2.21. The largest absolute Gasteiger partial charge is 0.480 e. The molecular weight excluding hydrogens is 362 g/mol. The fourth-order valence-corrected chi connectivity index (χ4v) is 4.50. The van der Waals surface area contributed by atoms with Crippen LogP contribution in [0.15, 0.2) is 11.5 Å². The summed E-state index contributed by atoms with van der Waals surface area (Å²) in [5.74, 6) is -1.84. The normalized spacial score (nSPS) is 19.8. The van der Waals surface area contributed by atoms with Gasteiger partial charge in [-0.25, -0.2) is 17.9 Å². The second kappa shape index (κ2) is 6.60. The Morgan fingerprint density at radius 2 is 2.08 bits per heavy atom. The second-order valence-corrected chi connectivity index (χ2v) is 7.39. The molecule has 11 nitrogen and oxygen atoms in total. The molecule has 2 heterocycles. The van der Waals surface area contributed by atoms with Crippen molar-refractivity contribution in [2.75, 3.05) is 18.2 Å². The van der Waals surface area contributed by atoms with Crippen molar-refractivity contribution in [2.45, 2.75) is 11.7 Å². The Bertz CT molecular complexity index is 811. The number of sulfonamides is 1. The van der Waals surface area contributed by atoms with E-state index in [-0.39, 0.29) is 23.5 Å². The zero-order chi connectivity index (χ0) is 18.0. The Hall–Kier alpha value is -2.41. The number of hydrogen-bond acceptors (Lipinski definition) is 9. The van der Waals surface area contributed by atoms with Gasteiger partial charge < -0.3 is 9.84 Å². The average Bonchev–Trinajstić information content (AvgIpc) is 2.97. The monoisotopic (exact) mass is 375 g/mol. The maximum Gasteiger partial charge on any atom is 0.335 e. The molecule has 0 radical (unpaired) electrons. The number of ether oxygens (including phenoxy) is 1. The van der Waals surface area contributed by atoms with Gasteiger partial charge in [0.1, 0.15) is 5.82 Å². The van der Waals surface area contributed by atoms with E-state index < -0.39 is 26.8 Å². The summed E-state index contributed by atoms with van der Waals surface area (Å²) in [6, 6.07) is -1.27. The van der Waals surface area contributed by atoms with Gasteiger partial charge in [0.05, 0.1) is 7.11 Å². The molecule has 0 saturated carbocycles. The Kier molecular flexibility index (Phi) is 4.94. The lowest BCUT2D eigenvalue weighted by molar-refractivity contribution is -0.138. The van der Waals surface area contributed by atoms with E-state index in [0.717, 1.165) is 17.8 Å². The molecule has 24 heavy (non-hydrogen) atoms. The molecule has 3 N–H and O–H groups in total. The first-order chi connectivity index (χ1) is 11.2. The maximum atomic E-state index is 12.3. The molecule has 0 bridgehead atoms. The number of thioether (sulfide) groups is 1. The summed E-state index contributed by atoms with van der Waals surface area (Å²) in [5.41, 5.74) is 0. The summed E-state index contributed by atoms with van der Waals surface area (Å²) >= 11 is 1.01. The average molecular weight is 375 g/mol. The lowest BCUT2D eigenvalue weighted by Crippen LogP contribution is -2.53. The van der Waals surface area contributed by atoms with E-state index in [4.69, 9.17) is 4.74 Å². The zero-order valence-corrected chi connectivity index (χ0v) is 14.1. The van der Waals surface area contributed by atoms with Crippen LogP contribution in [0, 0.1) is 6.92 Å². The van der Waals surface area contributed by atoms with Crippen LogP contribution in [0.5, 0.6) is 6.01 Å². The Labute approximate surface area is 141 Å². The number of anilines is 1. The molecule has 1 atom stereocenters. The molecule has 0 fully saturated rings. The van der Waals surface area contributed by atoms with Crippen molar-refractivity contribution < 1.29 is 27.9 Å². The summed E-state index contributed by atoms with van der Waals surface area (Å²) in [6.07, 6.45) is 1.02. The molecule has 130 valence electrons. The number of carbonyl (C=O) groups is 2. The van der Waals surface area contributed by atoms with Crippen LogP contribution in [0.2, 0.25) is 0 Å².